The fraction of sp³-hybridized carbons (Fsp3) is 0.273. The number of hydrogen-bond acceptors (Lipinski definition) is 3. The first-order chi connectivity index (χ1) is 7.31. The van der Waals surface area contributed by atoms with Gasteiger partial charge in [0.05, 0.1) is 6.26 Å². The van der Waals surface area contributed by atoms with E-state index in [1.807, 2.05) is 31.2 Å². The minimum atomic E-state index is -0.0173. The van der Waals surface area contributed by atoms with Crippen LogP contribution in [0.25, 0.3) is 0 Å². The summed E-state index contributed by atoms with van der Waals surface area (Å²) < 4.78 is 11.6. The second-order valence-corrected chi connectivity index (χ2v) is 3.93. The van der Waals surface area contributed by atoms with Crippen molar-refractivity contribution in [1.29, 1.82) is 0 Å². The zero-order valence-electron chi connectivity index (χ0n) is 8.37. The highest BCUT2D eigenvalue weighted by Crippen LogP contribution is 2.26. The molecule has 0 aromatic carbocycles. The second-order valence-electron chi connectivity index (χ2n) is 3.15. The molecule has 80 valence electrons. The molecule has 0 amide bonds. The predicted octanol–water partition coefficient (Wildman–Crippen LogP) is 3.33. The van der Waals surface area contributed by atoms with E-state index in [4.69, 9.17) is 8.83 Å². The van der Waals surface area contributed by atoms with Crippen LogP contribution in [-0.2, 0) is 0 Å². The van der Waals surface area contributed by atoms with E-state index in [1.54, 1.807) is 6.26 Å². The zero-order chi connectivity index (χ0) is 10.7. The Kier molecular flexibility index (Phi) is 3.28. The second kappa shape index (κ2) is 4.68. The number of hydrogen-bond donors (Lipinski definition) is 1. The Bertz CT molecular complexity index is 408. The van der Waals surface area contributed by atoms with Gasteiger partial charge in [0, 0.05) is 0 Å². The smallest absolute Gasteiger partial charge is 0.169 e. The highest BCUT2D eigenvalue weighted by Gasteiger charge is 2.18. The standard InChI is InChI=1S/C11H12BrNO2/c1-2-13-11(8-4-3-7-14-8)9-5-6-10(12)15-9/h3-7,11,13H,2H2,1H3. The fourth-order valence-electron chi connectivity index (χ4n) is 1.48. The quantitative estimate of drug-likeness (QED) is 0.926. The van der Waals surface area contributed by atoms with E-state index in [0.29, 0.717) is 0 Å². The van der Waals surface area contributed by atoms with Gasteiger partial charge < -0.3 is 14.2 Å². The van der Waals surface area contributed by atoms with Crippen molar-refractivity contribution in [3.63, 3.8) is 0 Å². The van der Waals surface area contributed by atoms with Gasteiger partial charge in [-0.25, -0.2) is 0 Å². The summed E-state index contributed by atoms with van der Waals surface area (Å²) in [5, 5.41) is 3.31. The summed E-state index contributed by atoms with van der Waals surface area (Å²) in [5.74, 6) is 1.71. The minimum absolute atomic E-state index is 0.0173. The van der Waals surface area contributed by atoms with E-state index in [1.165, 1.54) is 0 Å². The summed E-state index contributed by atoms with van der Waals surface area (Å²) in [6.07, 6.45) is 1.66. The van der Waals surface area contributed by atoms with E-state index < -0.39 is 0 Å². The maximum Gasteiger partial charge on any atom is 0.169 e. The van der Waals surface area contributed by atoms with Gasteiger partial charge >= 0.3 is 0 Å². The van der Waals surface area contributed by atoms with Crippen LogP contribution in [0.2, 0.25) is 0 Å². The lowest BCUT2D eigenvalue weighted by Crippen LogP contribution is -2.20. The first-order valence-corrected chi connectivity index (χ1v) is 5.62. The van der Waals surface area contributed by atoms with Crippen LogP contribution >= 0.6 is 15.9 Å². The van der Waals surface area contributed by atoms with Crippen LogP contribution < -0.4 is 5.32 Å². The van der Waals surface area contributed by atoms with E-state index in [2.05, 4.69) is 21.2 Å². The molecule has 1 atom stereocenters. The summed E-state index contributed by atoms with van der Waals surface area (Å²) in [6, 6.07) is 7.60. The molecule has 1 N–H and O–H groups in total. The molecule has 2 aromatic heterocycles. The lowest BCUT2D eigenvalue weighted by molar-refractivity contribution is 0.386. The van der Waals surface area contributed by atoms with Crippen LogP contribution in [0.4, 0.5) is 0 Å². The Morgan fingerprint density at radius 1 is 1.33 bits per heavy atom. The molecule has 1 unspecified atom stereocenters. The normalized spacial score (nSPS) is 12.9. The molecule has 15 heavy (non-hydrogen) atoms. The van der Waals surface area contributed by atoms with E-state index in [0.717, 1.165) is 22.7 Å². The molecule has 0 spiro atoms. The number of halogens is 1. The molecular formula is C11H12BrNO2. The van der Waals surface area contributed by atoms with Gasteiger partial charge in [0.25, 0.3) is 0 Å². The van der Waals surface area contributed by atoms with Crippen molar-refractivity contribution < 1.29 is 8.83 Å². The van der Waals surface area contributed by atoms with Gasteiger partial charge in [-0.3, -0.25) is 0 Å². The van der Waals surface area contributed by atoms with Gasteiger partial charge in [-0.2, -0.15) is 0 Å². The Balaban J connectivity index is 2.27. The van der Waals surface area contributed by atoms with Crippen molar-refractivity contribution in [3.05, 3.63) is 46.7 Å². The maximum absolute atomic E-state index is 5.52. The lowest BCUT2D eigenvalue weighted by atomic mass is 10.2. The Morgan fingerprint density at radius 3 is 2.73 bits per heavy atom. The minimum Gasteiger partial charge on any atom is -0.467 e. The Morgan fingerprint density at radius 2 is 2.20 bits per heavy atom. The van der Waals surface area contributed by atoms with Crippen LogP contribution in [0.5, 0.6) is 0 Å². The molecule has 2 heterocycles. The maximum atomic E-state index is 5.52. The van der Waals surface area contributed by atoms with Gasteiger partial charge in [0.1, 0.15) is 17.6 Å². The molecule has 2 rings (SSSR count). The number of rotatable bonds is 4. The van der Waals surface area contributed by atoms with Crippen LogP contribution in [0, 0.1) is 0 Å². The molecule has 2 aromatic rings. The average Bonchev–Trinajstić information content (AvgIpc) is 2.85. The first-order valence-electron chi connectivity index (χ1n) is 4.83. The molecule has 0 aliphatic heterocycles. The molecule has 0 saturated carbocycles. The predicted molar refractivity (Wildman–Crippen MR) is 60.6 cm³/mol. The zero-order valence-corrected chi connectivity index (χ0v) is 9.95. The van der Waals surface area contributed by atoms with Crippen LogP contribution in [0.3, 0.4) is 0 Å². The van der Waals surface area contributed by atoms with Crippen LogP contribution in [-0.4, -0.2) is 6.54 Å². The van der Waals surface area contributed by atoms with Crippen molar-refractivity contribution in [3.8, 4) is 0 Å². The largest absolute Gasteiger partial charge is 0.467 e. The van der Waals surface area contributed by atoms with Crippen molar-refractivity contribution in [2.45, 2.75) is 13.0 Å². The molecule has 0 aliphatic carbocycles. The Labute approximate surface area is 96.6 Å². The molecule has 3 nitrogen and oxygen atoms in total. The van der Waals surface area contributed by atoms with Gasteiger partial charge in [-0.15, -0.1) is 0 Å². The monoisotopic (exact) mass is 269 g/mol. The van der Waals surface area contributed by atoms with Crippen LogP contribution in [0.1, 0.15) is 24.5 Å². The SMILES string of the molecule is CCNC(c1ccco1)c1ccc(Br)o1. The van der Waals surface area contributed by atoms with Crippen LogP contribution in [0.15, 0.2) is 44.0 Å². The van der Waals surface area contributed by atoms with Gasteiger partial charge in [0.2, 0.25) is 0 Å². The molecule has 0 bridgehead atoms. The van der Waals surface area contributed by atoms with Crippen molar-refractivity contribution in [2.24, 2.45) is 0 Å². The highest BCUT2D eigenvalue weighted by atomic mass is 79.9. The third kappa shape index (κ3) is 2.33. The fourth-order valence-corrected chi connectivity index (χ4v) is 1.80. The van der Waals surface area contributed by atoms with Crippen molar-refractivity contribution >= 4 is 15.9 Å². The first kappa shape index (κ1) is 10.5. The molecule has 0 aliphatic rings. The molecule has 0 saturated heterocycles. The van der Waals surface area contributed by atoms with Gasteiger partial charge in [-0.1, -0.05) is 6.92 Å². The number of nitrogens with one attached hydrogen (secondary N) is 1. The van der Waals surface area contributed by atoms with Gasteiger partial charge in [-0.05, 0) is 46.7 Å². The molecule has 4 heteroatoms. The van der Waals surface area contributed by atoms with E-state index in [-0.39, 0.29) is 6.04 Å². The summed E-state index contributed by atoms with van der Waals surface area (Å²) >= 11 is 3.29. The third-order valence-corrected chi connectivity index (χ3v) is 2.54. The van der Waals surface area contributed by atoms with Crippen molar-refractivity contribution in [1.82, 2.24) is 5.32 Å². The van der Waals surface area contributed by atoms with E-state index >= 15 is 0 Å². The van der Waals surface area contributed by atoms with Gasteiger partial charge in [0.15, 0.2) is 4.67 Å². The molecule has 0 radical (unpaired) electrons. The highest BCUT2D eigenvalue weighted by molar-refractivity contribution is 9.10. The molecular weight excluding hydrogens is 258 g/mol. The Hall–Kier alpha value is -1.000. The topological polar surface area (TPSA) is 38.3 Å². The summed E-state index contributed by atoms with van der Waals surface area (Å²) in [5.41, 5.74) is 0. The average molecular weight is 270 g/mol. The van der Waals surface area contributed by atoms with E-state index in [9.17, 15) is 0 Å². The number of furan rings is 2. The summed E-state index contributed by atoms with van der Waals surface area (Å²) in [6.45, 7) is 2.90. The molecule has 0 fully saturated rings. The summed E-state index contributed by atoms with van der Waals surface area (Å²) in [4.78, 5) is 0. The lowest BCUT2D eigenvalue weighted by Gasteiger charge is -2.12. The van der Waals surface area contributed by atoms with Crippen molar-refractivity contribution in [2.75, 3.05) is 6.54 Å². The summed E-state index contributed by atoms with van der Waals surface area (Å²) in [7, 11) is 0. The third-order valence-electron chi connectivity index (χ3n) is 2.11.